The van der Waals surface area contributed by atoms with Crippen LogP contribution in [0, 0.1) is 12.8 Å². The molecule has 1 aliphatic heterocycles. The van der Waals surface area contributed by atoms with E-state index >= 15 is 0 Å². The van der Waals surface area contributed by atoms with Crippen molar-refractivity contribution in [1.82, 2.24) is 9.88 Å². The summed E-state index contributed by atoms with van der Waals surface area (Å²) in [5.41, 5.74) is 2.80. The molecular weight excluding hydrogens is 212 g/mol. The Morgan fingerprint density at radius 1 is 1.73 bits per heavy atom. The Balaban J connectivity index is 2.01. The molecule has 0 aliphatic carbocycles. The number of aliphatic hydroxyl groups is 1. The van der Waals surface area contributed by atoms with E-state index in [2.05, 4.69) is 4.98 Å². The molecule has 1 amide bonds. The Morgan fingerprint density at radius 2 is 2.53 bits per heavy atom. The van der Waals surface area contributed by atoms with E-state index in [1.807, 2.05) is 6.92 Å². The molecule has 1 aromatic rings. The zero-order valence-corrected chi connectivity index (χ0v) is 9.46. The molecule has 82 valence electrons. The number of carbonyl (C=O) groups is 1. The fourth-order valence-electron chi connectivity index (χ4n) is 1.78. The minimum absolute atomic E-state index is 0.101. The van der Waals surface area contributed by atoms with Crippen LogP contribution in [0.4, 0.5) is 0 Å². The third kappa shape index (κ3) is 2.18. The maximum atomic E-state index is 11.6. The maximum Gasteiger partial charge on any atom is 0.223 e. The number of likely N-dealkylation sites (tertiary alicyclic amines) is 1. The highest BCUT2D eigenvalue weighted by Gasteiger charge is 2.29. The van der Waals surface area contributed by atoms with E-state index in [0.717, 1.165) is 10.6 Å². The second-order valence-corrected chi connectivity index (χ2v) is 4.83. The molecular formula is C10H14N2O2S. The monoisotopic (exact) mass is 226 g/mol. The normalized spacial score (nSPS) is 21.3. The topological polar surface area (TPSA) is 53.4 Å². The molecule has 1 fully saturated rings. The van der Waals surface area contributed by atoms with Gasteiger partial charge in [0.1, 0.15) is 0 Å². The number of aryl methyl sites for hydroxylation is 1. The zero-order valence-electron chi connectivity index (χ0n) is 8.64. The minimum atomic E-state index is 0.101. The molecule has 1 saturated heterocycles. The molecule has 5 heteroatoms. The number of hydrogen-bond acceptors (Lipinski definition) is 4. The molecule has 0 radical (unpaired) electrons. The first-order chi connectivity index (χ1) is 7.20. The van der Waals surface area contributed by atoms with Crippen LogP contribution in [-0.2, 0) is 11.3 Å². The lowest BCUT2D eigenvalue weighted by molar-refractivity contribution is -0.128. The van der Waals surface area contributed by atoms with E-state index in [4.69, 9.17) is 5.11 Å². The van der Waals surface area contributed by atoms with E-state index in [1.54, 1.807) is 21.7 Å². The first-order valence-corrected chi connectivity index (χ1v) is 5.86. The predicted molar refractivity (Wildman–Crippen MR) is 57.5 cm³/mol. The van der Waals surface area contributed by atoms with Crippen LogP contribution in [0.1, 0.15) is 17.0 Å². The average molecular weight is 226 g/mol. The summed E-state index contributed by atoms with van der Waals surface area (Å²) in [7, 11) is 0. The second kappa shape index (κ2) is 4.28. The van der Waals surface area contributed by atoms with Gasteiger partial charge < -0.3 is 10.0 Å². The van der Waals surface area contributed by atoms with Gasteiger partial charge in [-0.05, 0) is 6.92 Å². The van der Waals surface area contributed by atoms with E-state index in [-0.39, 0.29) is 18.4 Å². The summed E-state index contributed by atoms with van der Waals surface area (Å²) >= 11 is 1.58. The van der Waals surface area contributed by atoms with Gasteiger partial charge in [-0.25, -0.2) is 4.98 Å². The van der Waals surface area contributed by atoms with Crippen molar-refractivity contribution in [2.75, 3.05) is 13.2 Å². The highest BCUT2D eigenvalue weighted by molar-refractivity contribution is 7.09. The van der Waals surface area contributed by atoms with Crippen molar-refractivity contribution in [2.24, 2.45) is 5.92 Å². The highest BCUT2D eigenvalue weighted by Crippen LogP contribution is 2.22. The van der Waals surface area contributed by atoms with Crippen LogP contribution in [0.15, 0.2) is 5.51 Å². The van der Waals surface area contributed by atoms with Crippen molar-refractivity contribution in [3.05, 3.63) is 16.1 Å². The highest BCUT2D eigenvalue weighted by atomic mass is 32.1. The summed E-state index contributed by atoms with van der Waals surface area (Å²) in [6.07, 6.45) is 0.481. The van der Waals surface area contributed by atoms with Crippen LogP contribution in [0.3, 0.4) is 0 Å². The summed E-state index contributed by atoms with van der Waals surface area (Å²) in [6.45, 7) is 3.37. The van der Waals surface area contributed by atoms with Crippen LogP contribution in [0.5, 0.6) is 0 Å². The van der Waals surface area contributed by atoms with Crippen molar-refractivity contribution in [3.63, 3.8) is 0 Å². The standard InChI is InChI=1S/C10H14N2O2S/c1-7-9(15-6-11-7)4-12-3-8(5-13)2-10(12)14/h6,8,13H,2-5H2,1H3. The summed E-state index contributed by atoms with van der Waals surface area (Å²) in [6, 6.07) is 0. The van der Waals surface area contributed by atoms with Crippen molar-refractivity contribution in [3.8, 4) is 0 Å². The Kier molecular flexibility index (Phi) is 3.02. The SMILES string of the molecule is Cc1ncsc1CN1CC(CO)CC1=O. The minimum Gasteiger partial charge on any atom is -0.396 e. The van der Waals surface area contributed by atoms with E-state index in [9.17, 15) is 4.79 Å². The van der Waals surface area contributed by atoms with Crippen molar-refractivity contribution >= 4 is 17.2 Å². The molecule has 1 unspecified atom stereocenters. The molecule has 1 N–H and O–H groups in total. The molecule has 2 rings (SSSR count). The second-order valence-electron chi connectivity index (χ2n) is 3.89. The number of aromatic nitrogens is 1. The Labute approximate surface area is 92.6 Å². The van der Waals surface area contributed by atoms with Gasteiger partial charge in [0.2, 0.25) is 5.91 Å². The summed E-state index contributed by atoms with van der Waals surface area (Å²) < 4.78 is 0. The smallest absolute Gasteiger partial charge is 0.223 e. The van der Waals surface area contributed by atoms with Crippen LogP contribution in [-0.4, -0.2) is 34.0 Å². The summed E-state index contributed by atoms with van der Waals surface area (Å²) in [5, 5.41) is 8.99. The summed E-state index contributed by atoms with van der Waals surface area (Å²) in [5.74, 6) is 0.257. The molecule has 4 nitrogen and oxygen atoms in total. The number of thiazole rings is 1. The number of amides is 1. The summed E-state index contributed by atoms with van der Waals surface area (Å²) in [4.78, 5) is 18.7. The zero-order chi connectivity index (χ0) is 10.8. The molecule has 1 atom stereocenters. The molecule has 0 aromatic carbocycles. The van der Waals surface area contributed by atoms with Gasteiger partial charge >= 0.3 is 0 Å². The number of aliphatic hydroxyl groups excluding tert-OH is 1. The lowest BCUT2D eigenvalue weighted by atomic mass is 10.1. The Hall–Kier alpha value is -0.940. The fourth-order valence-corrected chi connectivity index (χ4v) is 2.57. The van der Waals surface area contributed by atoms with Crippen LogP contribution >= 0.6 is 11.3 Å². The van der Waals surface area contributed by atoms with Crippen LogP contribution in [0.25, 0.3) is 0 Å². The first-order valence-electron chi connectivity index (χ1n) is 4.98. The molecule has 15 heavy (non-hydrogen) atoms. The van der Waals surface area contributed by atoms with Gasteiger partial charge in [0.15, 0.2) is 0 Å². The van der Waals surface area contributed by atoms with Gasteiger partial charge in [-0.1, -0.05) is 0 Å². The maximum absolute atomic E-state index is 11.6. The quantitative estimate of drug-likeness (QED) is 0.829. The Bertz CT molecular complexity index is 364. The number of nitrogens with zero attached hydrogens (tertiary/aromatic N) is 2. The van der Waals surface area contributed by atoms with Gasteiger partial charge in [0.05, 0.1) is 17.7 Å². The van der Waals surface area contributed by atoms with Gasteiger partial charge in [-0.2, -0.15) is 0 Å². The third-order valence-electron chi connectivity index (χ3n) is 2.73. The largest absolute Gasteiger partial charge is 0.396 e. The lowest BCUT2D eigenvalue weighted by Crippen LogP contribution is -2.24. The number of hydrogen-bond donors (Lipinski definition) is 1. The van der Waals surface area contributed by atoms with Crippen molar-refractivity contribution < 1.29 is 9.90 Å². The van der Waals surface area contributed by atoms with Crippen LogP contribution < -0.4 is 0 Å². The van der Waals surface area contributed by atoms with Gasteiger partial charge in [-0.15, -0.1) is 11.3 Å². The van der Waals surface area contributed by atoms with E-state index < -0.39 is 0 Å². The van der Waals surface area contributed by atoms with Gasteiger partial charge in [0.25, 0.3) is 0 Å². The molecule has 0 saturated carbocycles. The lowest BCUT2D eigenvalue weighted by Gasteiger charge is -2.15. The Morgan fingerprint density at radius 3 is 3.07 bits per heavy atom. The predicted octanol–water partition coefficient (Wildman–Crippen LogP) is 0.792. The number of rotatable bonds is 3. The third-order valence-corrected chi connectivity index (χ3v) is 3.65. The molecule has 0 spiro atoms. The average Bonchev–Trinajstić information content (AvgIpc) is 2.76. The van der Waals surface area contributed by atoms with Crippen molar-refractivity contribution in [2.45, 2.75) is 19.9 Å². The molecule has 0 bridgehead atoms. The van der Waals surface area contributed by atoms with Crippen molar-refractivity contribution in [1.29, 1.82) is 0 Å². The van der Waals surface area contributed by atoms with E-state index in [1.165, 1.54) is 0 Å². The van der Waals surface area contributed by atoms with Crippen LogP contribution in [0.2, 0.25) is 0 Å². The van der Waals surface area contributed by atoms with Gasteiger partial charge in [-0.3, -0.25) is 4.79 Å². The molecule has 1 aliphatic rings. The van der Waals surface area contributed by atoms with Gasteiger partial charge in [0, 0.05) is 30.4 Å². The molecule has 2 heterocycles. The van der Waals surface area contributed by atoms with E-state index in [0.29, 0.717) is 19.5 Å². The first kappa shape index (κ1) is 10.6. The number of carbonyl (C=O) groups excluding carboxylic acids is 1. The molecule has 1 aromatic heterocycles. The fraction of sp³-hybridized carbons (Fsp3) is 0.600.